The van der Waals surface area contributed by atoms with Gasteiger partial charge < -0.3 is 15.1 Å². The Hall–Kier alpha value is -2.37. The molecule has 3 amide bonds. The molecule has 158 valence electrons. The van der Waals surface area contributed by atoms with E-state index in [1.807, 2.05) is 43.0 Å². The zero-order valence-electron chi connectivity index (χ0n) is 17.8. The first-order valence-corrected chi connectivity index (χ1v) is 10.8. The van der Waals surface area contributed by atoms with Crippen molar-refractivity contribution in [1.29, 1.82) is 0 Å². The molecule has 1 aromatic carbocycles. The highest BCUT2D eigenvalue weighted by molar-refractivity contribution is 6.00. The standard InChI is InChI=1S/C23H33N3O3/c1-4-5-17(3)24-22(28)18-10-12-25(13-11-18)23(29)19-14-21(27)26(15-19)20-8-6-16(2)7-9-20/h6-9,17-19H,4-5,10-15H2,1-3H3,(H,24,28)/t17-,19+/m1/s1. The maximum atomic E-state index is 13.0. The van der Waals surface area contributed by atoms with E-state index >= 15 is 0 Å². The Bertz CT molecular complexity index is 738. The zero-order valence-corrected chi connectivity index (χ0v) is 17.8. The minimum Gasteiger partial charge on any atom is -0.353 e. The molecule has 0 unspecified atom stereocenters. The first-order valence-electron chi connectivity index (χ1n) is 10.8. The van der Waals surface area contributed by atoms with Crippen LogP contribution >= 0.6 is 0 Å². The molecule has 6 nitrogen and oxygen atoms in total. The lowest BCUT2D eigenvalue weighted by molar-refractivity contribution is -0.139. The average molecular weight is 400 g/mol. The fraction of sp³-hybridized carbons (Fsp3) is 0.609. The SMILES string of the molecule is CCC[C@@H](C)NC(=O)C1CCN(C(=O)[C@H]2CC(=O)N(c3ccc(C)cc3)C2)CC1. The van der Waals surface area contributed by atoms with Crippen molar-refractivity contribution in [2.45, 2.75) is 58.9 Å². The Morgan fingerprint density at radius 3 is 2.41 bits per heavy atom. The summed E-state index contributed by atoms with van der Waals surface area (Å²) in [6.07, 6.45) is 3.68. The Labute approximate surface area is 173 Å². The Balaban J connectivity index is 1.51. The van der Waals surface area contributed by atoms with Crippen LogP contribution in [-0.2, 0) is 14.4 Å². The largest absolute Gasteiger partial charge is 0.353 e. The predicted octanol–water partition coefficient (Wildman–Crippen LogP) is 2.89. The zero-order chi connectivity index (χ0) is 21.0. The number of benzene rings is 1. The molecule has 0 saturated carbocycles. The number of nitrogens with one attached hydrogen (secondary N) is 1. The van der Waals surface area contributed by atoms with E-state index in [1.165, 1.54) is 0 Å². The number of rotatable bonds is 6. The van der Waals surface area contributed by atoms with Gasteiger partial charge in [-0.1, -0.05) is 31.0 Å². The average Bonchev–Trinajstić information content (AvgIpc) is 3.10. The third-order valence-electron chi connectivity index (χ3n) is 6.11. The number of hydrogen-bond donors (Lipinski definition) is 1. The van der Waals surface area contributed by atoms with Gasteiger partial charge in [-0.05, 0) is 45.2 Å². The molecule has 2 aliphatic heterocycles. The molecule has 0 radical (unpaired) electrons. The van der Waals surface area contributed by atoms with Crippen LogP contribution in [0.4, 0.5) is 5.69 Å². The quantitative estimate of drug-likeness (QED) is 0.800. The lowest BCUT2D eigenvalue weighted by Crippen LogP contribution is -2.46. The maximum absolute atomic E-state index is 13.0. The van der Waals surface area contributed by atoms with E-state index < -0.39 is 0 Å². The molecule has 2 atom stereocenters. The van der Waals surface area contributed by atoms with Crippen molar-refractivity contribution in [2.24, 2.45) is 11.8 Å². The van der Waals surface area contributed by atoms with Crippen molar-refractivity contribution < 1.29 is 14.4 Å². The summed E-state index contributed by atoms with van der Waals surface area (Å²) in [5.74, 6) is -0.149. The Morgan fingerprint density at radius 1 is 1.14 bits per heavy atom. The third kappa shape index (κ3) is 5.17. The molecular formula is C23H33N3O3. The number of amides is 3. The van der Waals surface area contributed by atoms with Gasteiger partial charge in [-0.2, -0.15) is 0 Å². The first kappa shape index (κ1) is 21.3. The highest BCUT2D eigenvalue weighted by Gasteiger charge is 2.38. The second-order valence-corrected chi connectivity index (χ2v) is 8.54. The molecule has 2 heterocycles. The monoisotopic (exact) mass is 399 g/mol. The van der Waals surface area contributed by atoms with E-state index in [1.54, 1.807) is 4.90 Å². The first-order chi connectivity index (χ1) is 13.9. The van der Waals surface area contributed by atoms with Crippen LogP contribution in [0.5, 0.6) is 0 Å². The molecule has 0 aromatic heterocycles. The summed E-state index contributed by atoms with van der Waals surface area (Å²) >= 11 is 0. The number of carbonyl (C=O) groups excluding carboxylic acids is 3. The van der Waals surface area contributed by atoms with Crippen LogP contribution in [0.3, 0.4) is 0 Å². The van der Waals surface area contributed by atoms with E-state index in [9.17, 15) is 14.4 Å². The molecule has 2 saturated heterocycles. The van der Waals surface area contributed by atoms with Crippen LogP contribution in [0.25, 0.3) is 0 Å². The molecule has 3 rings (SSSR count). The molecule has 2 aliphatic rings. The minimum atomic E-state index is -0.293. The molecule has 1 N–H and O–H groups in total. The van der Waals surface area contributed by atoms with Crippen LogP contribution in [0.2, 0.25) is 0 Å². The smallest absolute Gasteiger partial charge is 0.228 e. The van der Waals surface area contributed by atoms with Gasteiger partial charge in [0.25, 0.3) is 0 Å². The fourth-order valence-corrected chi connectivity index (χ4v) is 4.33. The van der Waals surface area contributed by atoms with Gasteiger partial charge >= 0.3 is 0 Å². The second kappa shape index (κ2) is 9.42. The summed E-state index contributed by atoms with van der Waals surface area (Å²) in [6.45, 7) is 7.78. The van der Waals surface area contributed by atoms with Gasteiger partial charge in [0.1, 0.15) is 0 Å². The number of carbonyl (C=O) groups is 3. The summed E-state index contributed by atoms with van der Waals surface area (Å²) in [4.78, 5) is 41.4. The molecule has 2 fully saturated rings. The molecule has 1 aromatic rings. The van der Waals surface area contributed by atoms with E-state index in [0.29, 0.717) is 32.5 Å². The topological polar surface area (TPSA) is 69.7 Å². The predicted molar refractivity (Wildman–Crippen MR) is 113 cm³/mol. The molecule has 0 aliphatic carbocycles. The molecule has 6 heteroatoms. The summed E-state index contributed by atoms with van der Waals surface area (Å²) in [5.41, 5.74) is 2.00. The van der Waals surface area contributed by atoms with Gasteiger partial charge in [-0.15, -0.1) is 0 Å². The van der Waals surface area contributed by atoms with Crippen LogP contribution in [0, 0.1) is 18.8 Å². The third-order valence-corrected chi connectivity index (χ3v) is 6.11. The number of piperidine rings is 1. The minimum absolute atomic E-state index is 0.00591. The van der Waals surface area contributed by atoms with Crippen molar-refractivity contribution in [1.82, 2.24) is 10.2 Å². The maximum Gasteiger partial charge on any atom is 0.228 e. The van der Waals surface area contributed by atoms with Crippen LogP contribution < -0.4 is 10.2 Å². The van der Waals surface area contributed by atoms with Crippen molar-refractivity contribution in [3.63, 3.8) is 0 Å². The van der Waals surface area contributed by atoms with Crippen molar-refractivity contribution in [3.8, 4) is 0 Å². The van der Waals surface area contributed by atoms with Crippen molar-refractivity contribution in [2.75, 3.05) is 24.5 Å². The second-order valence-electron chi connectivity index (χ2n) is 8.54. The molecule has 29 heavy (non-hydrogen) atoms. The number of aryl methyl sites for hydroxylation is 1. The van der Waals surface area contributed by atoms with Gasteiger partial charge in [-0.3, -0.25) is 14.4 Å². The van der Waals surface area contributed by atoms with E-state index in [-0.39, 0.29) is 42.0 Å². The number of anilines is 1. The number of likely N-dealkylation sites (tertiary alicyclic amines) is 1. The highest BCUT2D eigenvalue weighted by Crippen LogP contribution is 2.28. The summed E-state index contributed by atoms with van der Waals surface area (Å²) < 4.78 is 0. The van der Waals surface area contributed by atoms with E-state index in [0.717, 1.165) is 24.1 Å². The summed E-state index contributed by atoms with van der Waals surface area (Å²) in [5, 5.41) is 3.09. The molecule has 0 bridgehead atoms. The van der Waals surface area contributed by atoms with Gasteiger partial charge in [0, 0.05) is 43.7 Å². The van der Waals surface area contributed by atoms with Gasteiger partial charge in [-0.25, -0.2) is 0 Å². The Kier molecular flexibility index (Phi) is 6.93. The Morgan fingerprint density at radius 2 is 1.79 bits per heavy atom. The van der Waals surface area contributed by atoms with Gasteiger partial charge in [0.15, 0.2) is 0 Å². The van der Waals surface area contributed by atoms with E-state index in [2.05, 4.69) is 12.2 Å². The fourth-order valence-electron chi connectivity index (χ4n) is 4.33. The van der Waals surface area contributed by atoms with Crippen LogP contribution in [-0.4, -0.2) is 48.3 Å². The number of nitrogens with zero attached hydrogens (tertiary/aromatic N) is 2. The van der Waals surface area contributed by atoms with Crippen LogP contribution in [0.1, 0.15) is 51.5 Å². The lowest BCUT2D eigenvalue weighted by atomic mass is 9.94. The lowest BCUT2D eigenvalue weighted by Gasteiger charge is -2.33. The van der Waals surface area contributed by atoms with Gasteiger partial charge in [0.05, 0.1) is 5.92 Å². The summed E-state index contributed by atoms with van der Waals surface area (Å²) in [6, 6.07) is 8.03. The highest BCUT2D eigenvalue weighted by atomic mass is 16.2. The molecular weight excluding hydrogens is 366 g/mol. The van der Waals surface area contributed by atoms with Crippen LogP contribution in [0.15, 0.2) is 24.3 Å². The van der Waals surface area contributed by atoms with Gasteiger partial charge in [0.2, 0.25) is 17.7 Å². The summed E-state index contributed by atoms with van der Waals surface area (Å²) in [7, 11) is 0. The van der Waals surface area contributed by atoms with Crippen molar-refractivity contribution >= 4 is 23.4 Å². The normalized spacial score (nSPS) is 21.3. The van der Waals surface area contributed by atoms with Crippen molar-refractivity contribution in [3.05, 3.63) is 29.8 Å². The van der Waals surface area contributed by atoms with E-state index in [4.69, 9.17) is 0 Å². The number of hydrogen-bond acceptors (Lipinski definition) is 3. The molecule has 0 spiro atoms.